The Kier molecular flexibility index (Phi) is 4.05. The molecule has 18 heavy (non-hydrogen) atoms. The van der Waals surface area contributed by atoms with Gasteiger partial charge in [-0.3, -0.25) is 4.79 Å². The Morgan fingerprint density at radius 3 is 2.67 bits per heavy atom. The Balaban J connectivity index is 2.21. The van der Waals surface area contributed by atoms with E-state index in [2.05, 4.69) is 32.0 Å². The molecule has 0 saturated heterocycles. The zero-order chi connectivity index (χ0) is 13.1. The topological polar surface area (TPSA) is 43.1 Å². The average molecular weight is 245 g/mol. The van der Waals surface area contributed by atoms with Crippen LogP contribution in [0.4, 0.5) is 0 Å². The van der Waals surface area contributed by atoms with Gasteiger partial charge in [0.1, 0.15) is 0 Å². The van der Waals surface area contributed by atoms with Gasteiger partial charge in [-0.25, -0.2) is 0 Å². The van der Waals surface area contributed by atoms with Crippen molar-refractivity contribution in [3.05, 3.63) is 34.9 Å². The van der Waals surface area contributed by atoms with E-state index in [9.17, 15) is 4.79 Å². The van der Waals surface area contributed by atoms with Gasteiger partial charge in [0.25, 0.3) is 0 Å². The van der Waals surface area contributed by atoms with Crippen LogP contribution in [0.5, 0.6) is 0 Å². The minimum atomic E-state index is -0.193. The fraction of sp³-hybridized carbons (Fsp3) is 0.562. The second-order valence-corrected chi connectivity index (χ2v) is 5.88. The Morgan fingerprint density at radius 2 is 2.00 bits per heavy atom. The van der Waals surface area contributed by atoms with Crippen molar-refractivity contribution in [1.82, 2.24) is 0 Å². The molecule has 1 aliphatic rings. The van der Waals surface area contributed by atoms with Crippen LogP contribution in [0.25, 0.3) is 0 Å². The molecular formula is C16H23NO. The van der Waals surface area contributed by atoms with Gasteiger partial charge in [-0.05, 0) is 54.2 Å². The van der Waals surface area contributed by atoms with Crippen molar-refractivity contribution in [2.45, 2.75) is 51.9 Å². The number of aryl methyl sites for hydroxylation is 2. The van der Waals surface area contributed by atoms with Crippen LogP contribution in [0.1, 0.15) is 55.7 Å². The minimum absolute atomic E-state index is 0.193. The van der Waals surface area contributed by atoms with Crippen molar-refractivity contribution >= 4 is 5.91 Å². The lowest BCUT2D eigenvalue weighted by molar-refractivity contribution is -0.118. The number of carbonyl (C=O) groups is 1. The standard InChI is InChI=1S/C16H23NO/c1-11(2)8-15(10-16(17)18)14-7-6-12-4-3-5-13(12)9-14/h6-7,9,11,15H,3-5,8,10H2,1-2H3,(H2,17,18). The highest BCUT2D eigenvalue weighted by atomic mass is 16.1. The fourth-order valence-corrected chi connectivity index (χ4v) is 2.99. The summed E-state index contributed by atoms with van der Waals surface area (Å²) in [5, 5.41) is 0. The molecule has 2 rings (SSSR count). The SMILES string of the molecule is CC(C)CC(CC(N)=O)c1ccc2c(c1)CCC2. The van der Waals surface area contributed by atoms with Crippen LogP contribution < -0.4 is 5.73 Å². The summed E-state index contributed by atoms with van der Waals surface area (Å²) in [6.45, 7) is 4.39. The molecule has 0 radical (unpaired) electrons. The maximum absolute atomic E-state index is 11.2. The third kappa shape index (κ3) is 3.12. The van der Waals surface area contributed by atoms with E-state index in [4.69, 9.17) is 5.73 Å². The smallest absolute Gasteiger partial charge is 0.218 e. The molecule has 2 N–H and O–H groups in total. The van der Waals surface area contributed by atoms with Gasteiger partial charge in [-0.15, -0.1) is 0 Å². The second-order valence-electron chi connectivity index (χ2n) is 5.88. The summed E-state index contributed by atoms with van der Waals surface area (Å²) in [6, 6.07) is 6.74. The molecular weight excluding hydrogens is 222 g/mol. The van der Waals surface area contributed by atoms with Crippen LogP contribution in [0.15, 0.2) is 18.2 Å². The highest BCUT2D eigenvalue weighted by Crippen LogP contribution is 2.31. The number of hydrogen-bond donors (Lipinski definition) is 1. The van der Waals surface area contributed by atoms with Gasteiger partial charge in [-0.1, -0.05) is 32.0 Å². The van der Waals surface area contributed by atoms with E-state index >= 15 is 0 Å². The summed E-state index contributed by atoms with van der Waals surface area (Å²) in [7, 11) is 0. The molecule has 0 aliphatic heterocycles. The lowest BCUT2D eigenvalue weighted by Gasteiger charge is -2.19. The molecule has 0 aromatic heterocycles. The number of nitrogens with two attached hydrogens (primary N) is 1. The number of benzene rings is 1. The molecule has 1 unspecified atom stereocenters. The number of rotatable bonds is 5. The van der Waals surface area contributed by atoms with E-state index in [1.165, 1.54) is 36.0 Å². The van der Waals surface area contributed by atoms with Crippen molar-refractivity contribution in [3.8, 4) is 0 Å². The summed E-state index contributed by atoms with van der Waals surface area (Å²) in [6.07, 6.45) is 5.16. The zero-order valence-electron chi connectivity index (χ0n) is 11.4. The molecule has 1 aromatic carbocycles. The zero-order valence-corrected chi connectivity index (χ0v) is 11.4. The Morgan fingerprint density at radius 1 is 1.28 bits per heavy atom. The van der Waals surface area contributed by atoms with Crippen LogP contribution in [-0.4, -0.2) is 5.91 Å². The van der Waals surface area contributed by atoms with E-state index < -0.39 is 0 Å². The van der Waals surface area contributed by atoms with E-state index in [1.807, 2.05) is 0 Å². The number of primary amides is 1. The molecule has 1 aromatic rings. The third-order valence-electron chi connectivity index (χ3n) is 3.80. The summed E-state index contributed by atoms with van der Waals surface area (Å²) in [4.78, 5) is 11.2. The number of amides is 1. The van der Waals surface area contributed by atoms with Crippen LogP contribution in [0.3, 0.4) is 0 Å². The summed E-state index contributed by atoms with van der Waals surface area (Å²) in [5.74, 6) is 0.678. The first-order chi connectivity index (χ1) is 8.56. The lowest BCUT2D eigenvalue weighted by atomic mass is 9.86. The molecule has 0 bridgehead atoms. The predicted octanol–water partition coefficient (Wildman–Crippen LogP) is 3.18. The monoisotopic (exact) mass is 245 g/mol. The fourth-order valence-electron chi connectivity index (χ4n) is 2.99. The quantitative estimate of drug-likeness (QED) is 0.850. The Bertz CT molecular complexity index is 437. The largest absolute Gasteiger partial charge is 0.370 e. The molecule has 1 aliphatic carbocycles. The summed E-state index contributed by atoms with van der Waals surface area (Å²) in [5.41, 5.74) is 9.64. The predicted molar refractivity (Wildman–Crippen MR) is 74.5 cm³/mol. The van der Waals surface area contributed by atoms with Crippen molar-refractivity contribution < 1.29 is 4.79 Å². The van der Waals surface area contributed by atoms with Gasteiger partial charge in [0, 0.05) is 6.42 Å². The van der Waals surface area contributed by atoms with E-state index in [-0.39, 0.29) is 11.8 Å². The molecule has 2 nitrogen and oxygen atoms in total. The van der Waals surface area contributed by atoms with E-state index in [1.54, 1.807) is 0 Å². The first-order valence-corrected chi connectivity index (χ1v) is 6.96. The van der Waals surface area contributed by atoms with Gasteiger partial charge >= 0.3 is 0 Å². The van der Waals surface area contributed by atoms with E-state index in [0.29, 0.717) is 12.3 Å². The van der Waals surface area contributed by atoms with Gasteiger partial charge in [0.15, 0.2) is 0 Å². The maximum Gasteiger partial charge on any atom is 0.218 e. The molecule has 1 amide bonds. The van der Waals surface area contributed by atoms with Crippen LogP contribution in [-0.2, 0) is 17.6 Å². The molecule has 0 saturated carbocycles. The van der Waals surface area contributed by atoms with E-state index in [0.717, 1.165) is 6.42 Å². The molecule has 2 heteroatoms. The maximum atomic E-state index is 11.2. The highest BCUT2D eigenvalue weighted by Gasteiger charge is 2.18. The Hall–Kier alpha value is -1.31. The second kappa shape index (κ2) is 5.55. The third-order valence-corrected chi connectivity index (χ3v) is 3.80. The highest BCUT2D eigenvalue weighted by molar-refractivity contribution is 5.74. The van der Waals surface area contributed by atoms with Gasteiger partial charge in [0.05, 0.1) is 0 Å². The van der Waals surface area contributed by atoms with Crippen LogP contribution in [0, 0.1) is 5.92 Å². The number of hydrogen-bond acceptors (Lipinski definition) is 1. The normalized spacial score (nSPS) is 15.7. The van der Waals surface area contributed by atoms with Gasteiger partial charge in [0.2, 0.25) is 5.91 Å². The number of carbonyl (C=O) groups excluding carboxylic acids is 1. The first-order valence-electron chi connectivity index (χ1n) is 6.96. The van der Waals surface area contributed by atoms with Crippen molar-refractivity contribution in [2.75, 3.05) is 0 Å². The number of fused-ring (bicyclic) bond motifs is 1. The summed E-state index contributed by atoms with van der Waals surface area (Å²) < 4.78 is 0. The molecule has 0 fully saturated rings. The van der Waals surface area contributed by atoms with Crippen molar-refractivity contribution in [2.24, 2.45) is 11.7 Å². The summed E-state index contributed by atoms with van der Waals surface area (Å²) >= 11 is 0. The molecule has 1 atom stereocenters. The molecule has 0 spiro atoms. The molecule has 98 valence electrons. The molecule has 0 heterocycles. The van der Waals surface area contributed by atoms with Crippen molar-refractivity contribution in [1.29, 1.82) is 0 Å². The van der Waals surface area contributed by atoms with Gasteiger partial charge < -0.3 is 5.73 Å². The van der Waals surface area contributed by atoms with Crippen LogP contribution >= 0.6 is 0 Å². The lowest BCUT2D eigenvalue weighted by Crippen LogP contribution is -2.16. The first kappa shape index (κ1) is 13.1. The van der Waals surface area contributed by atoms with Gasteiger partial charge in [-0.2, -0.15) is 0 Å². The average Bonchev–Trinajstić information content (AvgIpc) is 2.73. The minimum Gasteiger partial charge on any atom is -0.370 e. The Labute approximate surface area is 110 Å². The van der Waals surface area contributed by atoms with Crippen LogP contribution in [0.2, 0.25) is 0 Å². The van der Waals surface area contributed by atoms with Crippen molar-refractivity contribution in [3.63, 3.8) is 0 Å².